The zero-order valence-corrected chi connectivity index (χ0v) is 22.3. The normalized spacial score (nSPS) is 11.9. The number of benzene rings is 3. The Balaban J connectivity index is 1.48. The third kappa shape index (κ3) is 7.61. The smallest absolute Gasteiger partial charge is 0.127 e. The summed E-state index contributed by atoms with van der Waals surface area (Å²) < 4.78 is 13.9. The quantitative estimate of drug-likeness (QED) is 0.193. The summed E-state index contributed by atoms with van der Waals surface area (Å²) in [4.78, 5) is 4.97. The molecule has 1 aromatic heterocycles. The Hall–Kier alpha value is -3.28. The SMILES string of the molecule is CCCCc1nc(-c2ccc(OC[C@@H](O)CCCC)cc2)cn1-c1ccc(Oc2ccc(Cl)cc2)cc1. The number of aliphatic hydroxyl groups is 1. The number of unbranched alkanes of at least 4 members (excludes halogenated alkanes) is 2. The molecule has 0 fully saturated rings. The molecule has 37 heavy (non-hydrogen) atoms. The summed E-state index contributed by atoms with van der Waals surface area (Å²) in [5, 5.41) is 10.7. The first-order chi connectivity index (χ1) is 18.1. The third-order valence-corrected chi connectivity index (χ3v) is 6.43. The molecule has 0 radical (unpaired) electrons. The molecule has 1 heterocycles. The monoisotopic (exact) mass is 518 g/mol. The minimum atomic E-state index is -0.431. The number of nitrogens with zero attached hydrogens (tertiary/aromatic N) is 2. The number of aliphatic hydroxyl groups excluding tert-OH is 1. The highest BCUT2D eigenvalue weighted by Crippen LogP contribution is 2.27. The van der Waals surface area contributed by atoms with Crippen molar-refractivity contribution < 1.29 is 14.6 Å². The van der Waals surface area contributed by atoms with Gasteiger partial charge in [-0.15, -0.1) is 0 Å². The van der Waals surface area contributed by atoms with E-state index >= 15 is 0 Å². The molecule has 0 saturated heterocycles. The molecule has 0 aliphatic rings. The second-order valence-corrected chi connectivity index (χ2v) is 9.63. The van der Waals surface area contributed by atoms with Crippen LogP contribution in [-0.2, 0) is 6.42 Å². The predicted octanol–water partition coefficient (Wildman–Crippen LogP) is 8.26. The lowest BCUT2D eigenvalue weighted by Gasteiger charge is -2.12. The van der Waals surface area contributed by atoms with Gasteiger partial charge in [0.05, 0.1) is 11.8 Å². The number of hydrogen-bond acceptors (Lipinski definition) is 4. The van der Waals surface area contributed by atoms with Gasteiger partial charge >= 0.3 is 0 Å². The Bertz CT molecular complexity index is 1240. The Morgan fingerprint density at radius 2 is 1.46 bits per heavy atom. The van der Waals surface area contributed by atoms with Crippen LogP contribution in [0.2, 0.25) is 5.02 Å². The van der Waals surface area contributed by atoms with Gasteiger partial charge in [0.2, 0.25) is 0 Å². The minimum absolute atomic E-state index is 0.312. The molecule has 0 saturated carbocycles. The topological polar surface area (TPSA) is 56.5 Å². The standard InChI is InChI=1S/C31H35ClN2O3/c1-3-5-7-26(35)22-36-27-15-9-23(10-16-27)30-21-34(31(33-30)8-6-4-2)25-13-19-29(20-14-25)37-28-17-11-24(32)12-18-28/h9-21,26,35H,3-8,22H2,1-2H3/t26-/m0/s1. The molecule has 4 aromatic rings. The van der Waals surface area contributed by atoms with Gasteiger partial charge in [-0.2, -0.15) is 0 Å². The van der Waals surface area contributed by atoms with Crippen LogP contribution in [0, 0.1) is 0 Å². The summed E-state index contributed by atoms with van der Waals surface area (Å²) in [6.07, 6.45) is 7.57. The molecule has 0 bridgehead atoms. The van der Waals surface area contributed by atoms with Crippen LogP contribution in [0.15, 0.2) is 79.0 Å². The number of ether oxygens (including phenoxy) is 2. The summed E-state index contributed by atoms with van der Waals surface area (Å²) >= 11 is 5.97. The van der Waals surface area contributed by atoms with Crippen molar-refractivity contribution >= 4 is 11.6 Å². The van der Waals surface area contributed by atoms with Crippen molar-refractivity contribution in [3.8, 4) is 34.2 Å². The molecule has 6 heteroatoms. The van der Waals surface area contributed by atoms with Crippen molar-refractivity contribution in [2.24, 2.45) is 0 Å². The average molecular weight is 519 g/mol. The van der Waals surface area contributed by atoms with Gasteiger partial charge in [-0.1, -0.05) is 44.7 Å². The molecule has 0 amide bonds. The van der Waals surface area contributed by atoms with Crippen LogP contribution in [-0.4, -0.2) is 27.4 Å². The fourth-order valence-corrected chi connectivity index (χ4v) is 4.17. The zero-order valence-electron chi connectivity index (χ0n) is 21.6. The predicted molar refractivity (Wildman–Crippen MR) is 150 cm³/mol. The molecule has 5 nitrogen and oxygen atoms in total. The van der Waals surface area contributed by atoms with Crippen molar-refractivity contribution in [2.75, 3.05) is 6.61 Å². The maximum absolute atomic E-state index is 10.0. The summed E-state index contributed by atoms with van der Waals surface area (Å²) in [5.74, 6) is 3.29. The van der Waals surface area contributed by atoms with Crippen LogP contribution < -0.4 is 9.47 Å². The molecular weight excluding hydrogens is 484 g/mol. The van der Waals surface area contributed by atoms with Crippen LogP contribution in [0.5, 0.6) is 17.2 Å². The average Bonchev–Trinajstić information content (AvgIpc) is 3.35. The van der Waals surface area contributed by atoms with Crippen molar-refractivity contribution in [2.45, 2.75) is 58.5 Å². The minimum Gasteiger partial charge on any atom is -0.491 e. The van der Waals surface area contributed by atoms with Crippen LogP contribution in [0.3, 0.4) is 0 Å². The van der Waals surface area contributed by atoms with Crippen LogP contribution >= 0.6 is 11.6 Å². The third-order valence-electron chi connectivity index (χ3n) is 6.18. The number of aryl methyl sites for hydroxylation is 1. The van der Waals surface area contributed by atoms with E-state index in [9.17, 15) is 5.11 Å². The molecule has 194 valence electrons. The van der Waals surface area contributed by atoms with E-state index in [0.29, 0.717) is 11.6 Å². The molecule has 1 atom stereocenters. The second-order valence-electron chi connectivity index (χ2n) is 9.20. The van der Waals surface area contributed by atoms with Crippen LogP contribution in [0.1, 0.15) is 51.8 Å². The van der Waals surface area contributed by atoms with Crippen molar-refractivity contribution in [3.05, 3.63) is 89.8 Å². The first-order valence-corrected chi connectivity index (χ1v) is 13.5. The summed E-state index contributed by atoms with van der Waals surface area (Å²) in [6.45, 7) is 4.62. The summed E-state index contributed by atoms with van der Waals surface area (Å²) in [6, 6.07) is 23.3. The number of imidazole rings is 1. The van der Waals surface area contributed by atoms with Gasteiger partial charge in [0.15, 0.2) is 0 Å². The highest BCUT2D eigenvalue weighted by atomic mass is 35.5. The van der Waals surface area contributed by atoms with Gasteiger partial charge in [0.25, 0.3) is 0 Å². The molecule has 3 aromatic carbocycles. The Labute approximate surface area is 224 Å². The zero-order chi connectivity index (χ0) is 26.0. The number of halogens is 1. The molecular formula is C31H35ClN2O3. The van der Waals surface area contributed by atoms with Gasteiger partial charge in [-0.3, -0.25) is 0 Å². The van der Waals surface area contributed by atoms with E-state index in [0.717, 1.165) is 78.5 Å². The van der Waals surface area contributed by atoms with Crippen molar-refractivity contribution in [3.63, 3.8) is 0 Å². The number of aromatic nitrogens is 2. The van der Waals surface area contributed by atoms with E-state index in [2.05, 4.69) is 24.6 Å². The lowest BCUT2D eigenvalue weighted by atomic mass is 10.1. The lowest BCUT2D eigenvalue weighted by molar-refractivity contribution is 0.0980. The first kappa shape index (κ1) is 26.8. The first-order valence-electron chi connectivity index (χ1n) is 13.1. The van der Waals surface area contributed by atoms with Crippen LogP contribution in [0.4, 0.5) is 0 Å². The number of rotatable bonds is 13. The van der Waals surface area contributed by atoms with Gasteiger partial charge in [-0.05, 0) is 85.6 Å². The highest BCUT2D eigenvalue weighted by Gasteiger charge is 2.12. The fourth-order valence-electron chi connectivity index (χ4n) is 4.04. The maximum Gasteiger partial charge on any atom is 0.127 e. The van der Waals surface area contributed by atoms with E-state index in [1.807, 2.05) is 72.8 Å². The highest BCUT2D eigenvalue weighted by molar-refractivity contribution is 6.30. The van der Waals surface area contributed by atoms with Gasteiger partial charge in [0.1, 0.15) is 29.7 Å². The maximum atomic E-state index is 10.0. The largest absolute Gasteiger partial charge is 0.491 e. The lowest BCUT2D eigenvalue weighted by Crippen LogP contribution is -2.17. The summed E-state index contributed by atoms with van der Waals surface area (Å²) in [5.41, 5.74) is 2.98. The molecule has 0 aliphatic heterocycles. The van der Waals surface area contributed by atoms with E-state index in [4.69, 9.17) is 26.1 Å². The van der Waals surface area contributed by atoms with Gasteiger partial charge < -0.3 is 19.1 Å². The molecule has 1 N–H and O–H groups in total. The van der Waals surface area contributed by atoms with E-state index in [-0.39, 0.29) is 0 Å². The molecule has 0 unspecified atom stereocenters. The Morgan fingerprint density at radius 3 is 2.11 bits per heavy atom. The molecule has 0 aliphatic carbocycles. The Kier molecular flexibility index (Phi) is 9.64. The molecule has 4 rings (SSSR count). The number of hydrogen-bond donors (Lipinski definition) is 1. The van der Waals surface area contributed by atoms with E-state index in [1.165, 1.54) is 0 Å². The van der Waals surface area contributed by atoms with Crippen molar-refractivity contribution in [1.82, 2.24) is 9.55 Å². The van der Waals surface area contributed by atoms with Gasteiger partial charge in [0, 0.05) is 28.9 Å². The Morgan fingerprint density at radius 1 is 0.838 bits per heavy atom. The fraction of sp³-hybridized carbons (Fsp3) is 0.323. The van der Waals surface area contributed by atoms with Gasteiger partial charge in [-0.25, -0.2) is 4.98 Å². The van der Waals surface area contributed by atoms with E-state index < -0.39 is 6.10 Å². The summed E-state index contributed by atoms with van der Waals surface area (Å²) in [7, 11) is 0. The van der Waals surface area contributed by atoms with E-state index in [1.54, 1.807) is 0 Å². The van der Waals surface area contributed by atoms with Crippen LogP contribution in [0.25, 0.3) is 16.9 Å². The second kappa shape index (κ2) is 13.3. The molecule has 0 spiro atoms. The van der Waals surface area contributed by atoms with Crippen molar-refractivity contribution in [1.29, 1.82) is 0 Å².